The highest BCUT2D eigenvalue weighted by atomic mass is 35.5. The van der Waals surface area contributed by atoms with E-state index in [0.29, 0.717) is 80.5 Å². The quantitative estimate of drug-likeness (QED) is 0.0196. The van der Waals surface area contributed by atoms with Gasteiger partial charge < -0.3 is 70.7 Å². The van der Waals surface area contributed by atoms with Crippen molar-refractivity contribution in [1.29, 1.82) is 0 Å². The summed E-state index contributed by atoms with van der Waals surface area (Å²) in [6, 6.07) is 15.5. The number of rotatable bonds is 12. The number of non-ortho nitro benzene ring substituents is 1. The number of nitro benzene ring substituents is 1. The number of nitrogens with zero attached hydrogens (tertiary/aromatic N) is 13. The number of fused-ring (bicyclic) bond motifs is 3. The molecule has 2 amide bonds. The number of methoxy groups -OCH3 is 3. The fourth-order valence-corrected chi connectivity index (χ4v) is 10.1. The molecule has 0 saturated carbocycles. The number of aromatic nitrogens is 10. The van der Waals surface area contributed by atoms with E-state index in [4.69, 9.17) is 51.2 Å². The summed E-state index contributed by atoms with van der Waals surface area (Å²) in [7, 11) is 8.95. The summed E-state index contributed by atoms with van der Waals surface area (Å²) >= 11 is 5.47. The van der Waals surface area contributed by atoms with E-state index in [1.165, 1.54) is 37.4 Å². The maximum absolute atomic E-state index is 14.0. The number of aliphatic hydroxyl groups is 1. The fourth-order valence-electron chi connectivity index (χ4n) is 9.87. The summed E-state index contributed by atoms with van der Waals surface area (Å²) in [5.41, 5.74) is 15.0. The standard InChI is InChI=1S/C19H22FN7O.C18H22N4O5.C18H24N4O3.C6H7ClFN3.C3H4F2O2.CH4O/c1-11-17(20)18(21-2)26-19(24-11)25-13-4-5-16(28-3)15(8-13)27-14-6-7-22-9-12(14)10-23-27;1-18(2,3)27-17(23)20-8-7-14-12(11-20)10-19-21(14)15-9-13(22(24)25)5-6-16(15)26-4;1-18(2,3)25-17(23)21-8-7-14-12(11-21)10-20-22(14)15-9-13(19)5-6-16(15)24-4;1-3-4(8)5(9-2)11-6(7)10-3;1-3(4,5)2(6)7;1-2/h4-5,8,10,22H,6-7,9H2,1-3H3,(H2,21,24,25,26);5-6,9-10H,7-8,11H2,1-4H3;5-6,9-10H,7-8,11,19H2,1-4H3;1-2H3,(H,9,10,11);1H3,(H,6,7);2H,1H3. The average Bonchev–Trinajstić information content (AvgIpc) is 1.62. The third kappa shape index (κ3) is 20.5. The van der Waals surface area contributed by atoms with Gasteiger partial charge in [0.05, 0.1) is 86.4 Å². The largest absolute Gasteiger partial charge is 0.494 e. The number of hydrogen-bond acceptors (Lipinski definition) is 23. The Kier molecular flexibility index (Phi) is 26.8. The number of halogens is 5. The number of aryl methyl sites for hydroxylation is 2. The molecular weight excluding hydrogens is 1340 g/mol. The monoisotopic (exact) mass is 1420 g/mol. The minimum atomic E-state index is -3.58. The summed E-state index contributed by atoms with van der Waals surface area (Å²) in [5, 5.41) is 50.9. The molecule has 0 radical (unpaired) electrons. The number of carboxylic acid groups (broad SMARTS) is 1. The number of nitrogens with two attached hydrogens (primary N) is 1. The maximum atomic E-state index is 14.0. The molecule has 8 heterocycles. The molecule has 0 atom stereocenters. The van der Waals surface area contributed by atoms with Crippen LogP contribution in [0.5, 0.6) is 17.2 Å². The number of carbonyl (C=O) groups is 3. The van der Waals surface area contributed by atoms with E-state index in [1.54, 1.807) is 74.2 Å². The molecule has 35 heteroatoms. The molecule has 11 rings (SSSR count). The van der Waals surface area contributed by atoms with Gasteiger partial charge in [-0.1, -0.05) is 0 Å². The Hall–Kier alpha value is -10.6. The molecule has 100 heavy (non-hydrogen) atoms. The molecule has 5 aromatic heterocycles. The summed E-state index contributed by atoms with van der Waals surface area (Å²) in [6.07, 6.45) is 6.81. The summed E-state index contributed by atoms with van der Waals surface area (Å²) < 4.78 is 82.0. The number of nitrogen functional groups attached to an aromatic ring is 1. The highest BCUT2D eigenvalue weighted by Gasteiger charge is 2.33. The number of aliphatic carboxylic acids is 1. The lowest BCUT2D eigenvalue weighted by atomic mass is 10.1. The molecule has 0 saturated heterocycles. The molecule has 540 valence electrons. The molecule has 3 aromatic carbocycles. The molecule has 0 bridgehead atoms. The van der Waals surface area contributed by atoms with Gasteiger partial charge in [-0.25, -0.2) is 47.2 Å². The van der Waals surface area contributed by atoms with Gasteiger partial charge in [-0.2, -0.15) is 34.0 Å². The summed E-state index contributed by atoms with van der Waals surface area (Å²) in [4.78, 5) is 63.5. The molecule has 0 spiro atoms. The molecule has 0 unspecified atom stereocenters. The first-order valence-corrected chi connectivity index (χ1v) is 31.3. The van der Waals surface area contributed by atoms with Gasteiger partial charge in [0, 0.05) is 114 Å². The topological polar surface area (TPSA) is 367 Å². The van der Waals surface area contributed by atoms with Crippen molar-refractivity contribution in [2.75, 3.05) is 83.9 Å². The van der Waals surface area contributed by atoms with Crippen LogP contribution in [0.4, 0.5) is 61.8 Å². The zero-order valence-electron chi connectivity index (χ0n) is 58.1. The van der Waals surface area contributed by atoms with Crippen LogP contribution in [0, 0.1) is 35.6 Å². The number of ether oxygens (including phenoxy) is 5. The molecule has 0 aliphatic carbocycles. The van der Waals surface area contributed by atoms with Gasteiger partial charge in [0.2, 0.25) is 11.2 Å². The van der Waals surface area contributed by atoms with Crippen LogP contribution in [0.3, 0.4) is 0 Å². The first kappa shape index (κ1) is 78.4. The van der Waals surface area contributed by atoms with Crippen LogP contribution in [0.1, 0.15) is 93.6 Å². The van der Waals surface area contributed by atoms with Crippen LogP contribution in [0.2, 0.25) is 5.28 Å². The Balaban J connectivity index is 0.000000208. The second kappa shape index (κ2) is 34.2. The molecule has 30 nitrogen and oxygen atoms in total. The van der Waals surface area contributed by atoms with Gasteiger partial charge >= 0.3 is 24.1 Å². The van der Waals surface area contributed by atoms with Crippen LogP contribution in [0.15, 0.2) is 73.2 Å². The third-order valence-electron chi connectivity index (χ3n) is 14.5. The predicted octanol–water partition coefficient (Wildman–Crippen LogP) is 10.3. The van der Waals surface area contributed by atoms with E-state index >= 15 is 0 Å². The van der Waals surface area contributed by atoms with Gasteiger partial charge in [-0.05, 0) is 109 Å². The van der Waals surface area contributed by atoms with Crippen molar-refractivity contribution < 1.29 is 70.8 Å². The summed E-state index contributed by atoms with van der Waals surface area (Å²) in [5.74, 6) is -4.10. The number of amides is 2. The van der Waals surface area contributed by atoms with E-state index in [0.717, 1.165) is 66.2 Å². The van der Waals surface area contributed by atoms with Crippen LogP contribution in [0.25, 0.3) is 17.1 Å². The number of carboxylic acids is 1. The Labute approximate surface area is 579 Å². The van der Waals surface area contributed by atoms with E-state index in [9.17, 15) is 42.1 Å². The van der Waals surface area contributed by atoms with Crippen molar-refractivity contribution in [2.45, 2.75) is 118 Å². The Bertz CT molecular complexity index is 4170. The number of nitrogens with one attached hydrogen (secondary N) is 4. The van der Waals surface area contributed by atoms with Crippen molar-refractivity contribution in [2.24, 2.45) is 0 Å². The minimum Gasteiger partial charge on any atom is -0.494 e. The van der Waals surface area contributed by atoms with Crippen LogP contribution < -0.4 is 41.2 Å². The minimum absolute atomic E-state index is 0.0405. The molecule has 8 N–H and O–H groups in total. The number of hydrogen-bond donors (Lipinski definition) is 7. The van der Waals surface area contributed by atoms with Crippen molar-refractivity contribution in [3.05, 3.63) is 145 Å². The van der Waals surface area contributed by atoms with Gasteiger partial charge in [0.1, 0.15) is 45.5 Å². The Morgan fingerprint density at radius 3 is 1.54 bits per heavy atom. The van der Waals surface area contributed by atoms with Crippen molar-refractivity contribution in [3.63, 3.8) is 0 Å². The van der Waals surface area contributed by atoms with Crippen molar-refractivity contribution in [1.82, 2.24) is 64.4 Å². The predicted molar refractivity (Wildman–Crippen MR) is 365 cm³/mol. The lowest BCUT2D eigenvalue weighted by Gasteiger charge is -2.30. The lowest BCUT2D eigenvalue weighted by molar-refractivity contribution is -0.384. The highest BCUT2D eigenvalue weighted by molar-refractivity contribution is 6.28. The number of aliphatic hydroxyl groups excluding tert-OH is 1. The molecular formula is C65H83ClF4N18O12. The summed E-state index contributed by atoms with van der Waals surface area (Å²) in [6.45, 7) is 18.2. The first-order chi connectivity index (χ1) is 47.2. The number of benzene rings is 3. The zero-order valence-corrected chi connectivity index (χ0v) is 58.8. The molecule has 0 fully saturated rings. The van der Waals surface area contributed by atoms with Gasteiger partial charge in [0.25, 0.3) is 5.69 Å². The normalized spacial score (nSPS) is 12.9. The SMILES string of the molecule is CC(F)(F)C(=O)O.CNc1nc(Cl)nc(C)c1F.CNc1nc(Nc2ccc(OC)c(-n3ncc4c3CCNC4)c2)nc(C)c1F.CO.COc1ccc(N)cc1-n1ncc2c1CCN(C(=O)OC(C)(C)C)C2.COc1ccc([N+](=O)[O-])cc1-n1ncc2c1CCN(C(=O)OC(C)(C)C)C2. The lowest BCUT2D eigenvalue weighted by Crippen LogP contribution is -2.40. The van der Waals surface area contributed by atoms with E-state index < -0.39 is 39.7 Å². The van der Waals surface area contributed by atoms with E-state index in [-0.39, 0.29) is 46.2 Å². The fraction of sp³-hybridized carbons (Fsp3) is 0.415. The highest BCUT2D eigenvalue weighted by Crippen LogP contribution is 2.34. The van der Waals surface area contributed by atoms with Gasteiger partial charge in [-0.15, -0.1) is 0 Å². The Morgan fingerprint density at radius 1 is 0.650 bits per heavy atom. The van der Waals surface area contributed by atoms with E-state index in [2.05, 4.69) is 56.5 Å². The van der Waals surface area contributed by atoms with Crippen molar-refractivity contribution >= 4 is 64.4 Å². The first-order valence-electron chi connectivity index (χ1n) is 30.9. The third-order valence-corrected chi connectivity index (χ3v) is 14.7. The second-order valence-electron chi connectivity index (χ2n) is 24.1. The van der Waals surface area contributed by atoms with Gasteiger partial charge in [0.15, 0.2) is 23.3 Å². The Morgan fingerprint density at radius 2 is 1.08 bits per heavy atom. The molecule has 3 aliphatic rings. The zero-order chi connectivity index (χ0) is 74.1. The molecule has 8 aromatic rings. The number of anilines is 5. The van der Waals surface area contributed by atoms with E-state index in [1.807, 2.05) is 87.4 Å². The smallest absolute Gasteiger partial charge is 0.410 e. The van der Waals surface area contributed by atoms with Crippen LogP contribution in [-0.4, -0.2) is 172 Å². The number of nitro groups is 1. The van der Waals surface area contributed by atoms with Crippen LogP contribution in [-0.2, 0) is 53.2 Å². The second-order valence-corrected chi connectivity index (χ2v) is 24.4. The van der Waals surface area contributed by atoms with Crippen LogP contribution >= 0.6 is 11.6 Å². The average molecular weight is 1420 g/mol. The number of carbonyl (C=O) groups excluding carboxylic acids is 2. The molecule has 3 aliphatic heterocycles. The maximum Gasteiger partial charge on any atom is 0.410 e. The number of alkyl halides is 2. The van der Waals surface area contributed by atoms with Gasteiger partial charge in [-0.3, -0.25) is 10.1 Å². The van der Waals surface area contributed by atoms with Crippen molar-refractivity contribution in [3.8, 4) is 34.3 Å².